The summed E-state index contributed by atoms with van der Waals surface area (Å²) in [7, 11) is 0. The average molecular weight is 144 g/mol. The van der Waals surface area contributed by atoms with Crippen LogP contribution in [0.3, 0.4) is 0 Å². The summed E-state index contributed by atoms with van der Waals surface area (Å²) in [6.07, 6.45) is 0. The van der Waals surface area contributed by atoms with Crippen LogP contribution in [0, 0.1) is 0 Å². The Morgan fingerprint density at radius 3 is 1.62 bits per heavy atom. The smallest absolute Gasteiger partial charge is 0.855 e. The zero-order valence-electron chi connectivity index (χ0n) is 5.14. The van der Waals surface area contributed by atoms with Crippen molar-refractivity contribution in [1.29, 1.82) is 0 Å². The third-order valence-corrected chi connectivity index (χ3v) is 0. The van der Waals surface area contributed by atoms with Crippen molar-refractivity contribution in [3.05, 3.63) is 0 Å². The maximum absolute atomic E-state index is 8.93. The number of hydrogen-bond donors (Lipinski definition) is 0. The molecule has 0 aliphatic rings. The molecule has 0 saturated heterocycles. The Kier molecular flexibility index (Phi) is 31.0. The molecule has 0 aliphatic carbocycles. The quantitative estimate of drug-likeness (QED) is 0.360. The Morgan fingerprint density at radius 2 is 1.62 bits per heavy atom. The van der Waals surface area contributed by atoms with Gasteiger partial charge in [-0.2, -0.15) is 0 Å². The van der Waals surface area contributed by atoms with Crippen molar-refractivity contribution in [3.63, 3.8) is 0 Å². The zero-order valence-corrected chi connectivity index (χ0v) is 7.35. The molecule has 0 aromatic rings. The van der Waals surface area contributed by atoms with E-state index in [1.165, 1.54) is 0 Å². The molecule has 0 aromatic heterocycles. The fourth-order valence-electron chi connectivity index (χ4n) is 0. The third kappa shape index (κ3) is 455. The van der Waals surface area contributed by atoms with Gasteiger partial charge in [0.2, 0.25) is 0 Å². The largest absolute Gasteiger partial charge is 2.00 e. The molecule has 0 bridgehead atoms. The SMILES string of the molecule is CC(=O)[O-].CC[O-].[Ca+2]. The third-order valence-electron chi connectivity index (χ3n) is 0. The number of carbonyl (C=O) groups excluding carboxylic acids is 1. The van der Waals surface area contributed by atoms with Crippen molar-refractivity contribution in [2.75, 3.05) is 6.61 Å². The first-order chi connectivity index (χ1) is 3.15. The minimum Gasteiger partial charge on any atom is -0.855 e. The van der Waals surface area contributed by atoms with Crippen molar-refractivity contribution in [2.45, 2.75) is 13.8 Å². The van der Waals surface area contributed by atoms with E-state index in [1.54, 1.807) is 6.92 Å². The van der Waals surface area contributed by atoms with E-state index in [4.69, 9.17) is 15.0 Å². The Hall–Kier alpha value is 0.690. The van der Waals surface area contributed by atoms with Crippen LogP contribution in [0.4, 0.5) is 0 Å². The van der Waals surface area contributed by atoms with Gasteiger partial charge >= 0.3 is 37.7 Å². The molecule has 0 saturated carbocycles. The minimum atomic E-state index is -1.08. The second-order valence-corrected chi connectivity index (χ2v) is 0.780. The van der Waals surface area contributed by atoms with Gasteiger partial charge in [0.1, 0.15) is 0 Å². The molecule has 0 amide bonds. The topological polar surface area (TPSA) is 63.2 Å². The molecule has 3 nitrogen and oxygen atoms in total. The summed E-state index contributed by atoms with van der Waals surface area (Å²) >= 11 is 0. The number of hydrogen-bond acceptors (Lipinski definition) is 3. The minimum absolute atomic E-state index is 0. The second kappa shape index (κ2) is 15.6. The van der Waals surface area contributed by atoms with Crippen LogP contribution >= 0.6 is 0 Å². The number of carbonyl (C=O) groups is 1. The first-order valence-electron chi connectivity index (χ1n) is 1.90. The van der Waals surface area contributed by atoms with Crippen molar-refractivity contribution >= 4 is 43.7 Å². The van der Waals surface area contributed by atoms with Gasteiger partial charge < -0.3 is 15.0 Å². The molecule has 0 unspecified atom stereocenters. The normalized spacial score (nSPS) is 5.38. The summed E-state index contributed by atoms with van der Waals surface area (Å²) in [4.78, 5) is 8.89. The van der Waals surface area contributed by atoms with Crippen molar-refractivity contribution in [2.24, 2.45) is 0 Å². The Morgan fingerprint density at radius 1 is 1.62 bits per heavy atom. The molecular formula is C4H8CaO3. The second-order valence-electron chi connectivity index (χ2n) is 0.780. The van der Waals surface area contributed by atoms with E-state index in [0.717, 1.165) is 6.92 Å². The van der Waals surface area contributed by atoms with Crippen LogP contribution in [0.15, 0.2) is 0 Å². The monoisotopic (exact) mass is 144 g/mol. The summed E-state index contributed by atoms with van der Waals surface area (Å²) in [6, 6.07) is 0. The molecule has 0 radical (unpaired) electrons. The van der Waals surface area contributed by atoms with Gasteiger partial charge in [-0.1, -0.05) is 6.92 Å². The van der Waals surface area contributed by atoms with Gasteiger partial charge in [-0.25, -0.2) is 0 Å². The predicted molar refractivity (Wildman–Crippen MR) is 27.0 cm³/mol. The van der Waals surface area contributed by atoms with E-state index in [9.17, 15) is 0 Å². The average Bonchev–Trinajstić information content (AvgIpc) is 1.33. The van der Waals surface area contributed by atoms with Gasteiger partial charge in [-0.05, 0) is 6.92 Å². The predicted octanol–water partition coefficient (Wildman–Crippen LogP) is -2.26. The molecule has 0 aromatic carbocycles. The van der Waals surface area contributed by atoms with Crippen molar-refractivity contribution in [3.8, 4) is 0 Å². The van der Waals surface area contributed by atoms with E-state index in [2.05, 4.69) is 0 Å². The van der Waals surface area contributed by atoms with Gasteiger partial charge in [0.05, 0.1) is 0 Å². The molecule has 8 heavy (non-hydrogen) atoms. The van der Waals surface area contributed by atoms with Crippen LogP contribution in [0.5, 0.6) is 0 Å². The van der Waals surface area contributed by atoms with E-state index >= 15 is 0 Å². The molecule has 0 spiro atoms. The molecule has 0 aliphatic heterocycles. The number of carboxylic acid groups (broad SMARTS) is 1. The van der Waals surface area contributed by atoms with E-state index < -0.39 is 5.97 Å². The Labute approximate surface area is 78.7 Å². The van der Waals surface area contributed by atoms with Gasteiger partial charge in [0.25, 0.3) is 0 Å². The maximum Gasteiger partial charge on any atom is 2.00 e. The number of carboxylic acids is 1. The van der Waals surface area contributed by atoms with E-state index in [-0.39, 0.29) is 44.3 Å². The zero-order chi connectivity index (χ0) is 6.28. The van der Waals surface area contributed by atoms with Crippen LogP contribution < -0.4 is 10.2 Å². The van der Waals surface area contributed by atoms with Crippen LogP contribution in [0.1, 0.15) is 13.8 Å². The first kappa shape index (κ1) is 15.9. The fraction of sp³-hybridized carbons (Fsp3) is 0.750. The summed E-state index contributed by atoms with van der Waals surface area (Å²) in [6.45, 7) is 2.54. The standard InChI is InChI=1S/C2H4O2.C2H5O.Ca/c1-2(3)4;1-2-3;/h1H3,(H,3,4);2H2,1H3;/q;-1;+2/p-1. The Bertz CT molecular complexity index is 42.5. The van der Waals surface area contributed by atoms with Gasteiger partial charge in [0.15, 0.2) is 0 Å². The van der Waals surface area contributed by atoms with Gasteiger partial charge in [0, 0.05) is 5.97 Å². The molecule has 0 rings (SSSR count). The van der Waals surface area contributed by atoms with Crippen LogP contribution in [0.25, 0.3) is 0 Å². The summed E-state index contributed by atoms with van der Waals surface area (Å²) < 4.78 is 0. The molecule has 4 heteroatoms. The molecule has 0 fully saturated rings. The van der Waals surface area contributed by atoms with Crippen LogP contribution in [-0.4, -0.2) is 50.3 Å². The summed E-state index contributed by atoms with van der Waals surface area (Å²) in [5.74, 6) is -1.08. The fourth-order valence-corrected chi connectivity index (χ4v) is 0. The van der Waals surface area contributed by atoms with E-state index in [1.807, 2.05) is 0 Å². The first-order valence-corrected chi connectivity index (χ1v) is 1.90. The summed E-state index contributed by atoms with van der Waals surface area (Å²) in [5.41, 5.74) is 0. The van der Waals surface area contributed by atoms with Gasteiger partial charge in [-0.3, -0.25) is 0 Å². The molecule has 0 heterocycles. The molecule has 0 N–H and O–H groups in total. The van der Waals surface area contributed by atoms with Crippen LogP contribution in [-0.2, 0) is 4.79 Å². The molecule has 0 atom stereocenters. The van der Waals surface area contributed by atoms with Gasteiger partial charge in [-0.15, -0.1) is 6.61 Å². The van der Waals surface area contributed by atoms with Crippen molar-refractivity contribution < 1.29 is 15.0 Å². The number of aliphatic carboxylic acids is 1. The maximum atomic E-state index is 8.93. The molecule has 44 valence electrons. The van der Waals surface area contributed by atoms with Crippen LogP contribution in [0.2, 0.25) is 0 Å². The molecular weight excluding hydrogens is 136 g/mol. The number of rotatable bonds is 0. The summed E-state index contributed by atoms with van der Waals surface area (Å²) in [5, 5.41) is 17.8. The van der Waals surface area contributed by atoms with E-state index in [0.29, 0.717) is 0 Å². The van der Waals surface area contributed by atoms with Crippen molar-refractivity contribution in [1.82, 2.24) is 0 Å². The Balaban J connectivity index is -0.0000000575.